The fourth-order valence-corrected chi connectivity index (χ4v) is 2.10. The van der Waals surface area contributed by atoms with Gasteiger partial charge in [-0.2, -0.15) is 0 Å². The molecular weight excluding hydrogens is 274 g/mol. The Balaban J connectivity index is 0.000000774. The second-order valence-electron chi connectivity index (χ2n) is 4.10. The third kappa shape index (κ3) is 2.53. The Hall–Kier alpha value is -2.96. The molecule has 0 saturated carbocycles. The summed E-state index contributed by atoms with van der Waals surface area (Å²) in [6, 6.07) is 8.81. The number of aromatic amines is 1. The van der Waals surface area contributed by atoms with Gasteiger partial charge >= 0.3 is 0 Å². The van der Waals surface area contributed by atoms with Crippen molar-refractivity contribution in [3.8, 4) is 0 Å². The fourth-order valence-electron chi connectivity index (χ4n) is 2.10. The third-order valence-electron chi connectivity index (χ3n) is 2.99. The quantitative estimate of drug-likeness (QED) is 0.564. The Kier molecular flexibility index (Phi) is 3.84. The fraction of sp³-hybridized carbons (Fsp3) is 0.143. The van der Waals surface area contributed by atoms with E-state index in [1.165, 1.54) is 24.3 Å². The first-order valence-corrected chi connectivity index (χ1v) is 6.40. The van der Waals surface area contributed by atoms with E-state index in [1.807, 2.05) is 13.8 Å². The van der Waals surface area contributed by atoms with Gasteiger partial charge in [0.05, 0.1) is 9.85 Å². The molecular formula is C14H13N3O4. The highest BCUT2D eigenvalue weighted by molar-refractivity contribution is 6.08. The van der Waals surface area contributed by atoms with Crippen molar-refractivity contribution in [2.24, 2.45) is 0 Å². The van der Waals surface area contributed by atoms with Gasteiger partial charge in [0.2, 0.25) is 0 Å². The summed E-state index contributed by atoms with van der Waals surface area (Å²) in [7, 11) is 0. The van der Waals surface area contributed by atoms with Crippen LogP contribution < -0.4 is 0 Å². The van der Waals surface area contributed by atoms with Crippen LogP contribution >= 0.6 is 0 Å². The zero-order valence-corrected chi connectivity index (χ0v) is 11.5. The molecule has 1 aromatic heterocycles. The molecule has 7 nitrogen and oxygen atoms in total. The number of non-ortho nitro benzene ring substituents is 2. The molecule has 0 bridgehead atoms. The van der Waals surface area contributed by atoms with Crippen molar-refractivity contribution in [2.75, 3.05) is 0 Å². The summed E-state index contributed by atoms with van der Waals surface area (Å²) in [4.78, 5) is 23.6. The standard InChI is InChI=1S/C12H7N3O4.C2H6/c16-14(17)7-1-3-11-9(5-7)10-6-8(15(18)19)2-4-12(10)13-11;1-2/h1-6,13H;1-2H3. The lowest BCUT2D eigenvalue weighted by Gasteiger charge is -1.93. The molecule has 7 heteroatoms. The first kappa shape index (κ1) is 14.4. The lowest BCUT2D eigenvalue weighted by atomic mass is 10.1. The van der Waals surface area contributed by atoms with E-state index in [-0.39, 0.29) is 11.4 Å². The molecule has 0 aliphatic heterocycles. The van der Waals surface area contributed by atoms with E-state index in [0.717, 1.165) is 0 Å². The molecule has 0 amide bonds. The number of nitro benzene ring substituents is 2. The second kappa shape index (κ2) is 5.58. The van der Waals surface area contributed by atoms with Crippen molar-refractivity contribution in [1.29, 1.82) is 0 Å². The zero-order chi connectivity index (χ0) is 15.6. The van der Waals surface area contributed by atoms with Crippen LogP contribution in [0.1, 0.15) is 13.8 Å². The van der Waals surface area contributed by atoms with Crippen molar-refractivity contribution >= 4 is 33.2 Å². The summed E-state index contributed by atoms with van der Waals surface area (Å²) in [5.74, 6) is 0. The van der Waals surface area contributed by atoms with E-state index in [1.54, 1.807) is 12.1 Å². The summed E-state index contributed by atoms with van der Waals surface area (Å²) in [5, 5.41) is 22.7. The highest BCUT2D eigenvalue weighted by Crippen LogP contribution is 2.30. The van der Waals surface area contributed by atoms with Crippen LogP contribution in [-0.2, 0) is 0 Å². The summed E-state index contributed by atoms with van der Waals surface area (Å²) in [5.41, 5.74) is 1.34. The number of H-pyrrole nitrogens is 1. The number of hydrogen-bond acceptors (Lipinski definition) is 4. The highest BCUT2D eigenvalue weighted by atomic mass is 16.6. The minimum absolute atomic E-state index is 0.0418. The summed E-state index contributed by atoms with van der Waals surface area (Å²) in [6.07, 6.45) is 0. The Morgan fingerprint density at radius 2 is 1.19 bits per heavy atom. The molecule has 3 rings (SSSR count). The van der Waals surface area contributed by atoms with Crippen LogP contribution in [0.25, 0.3) is 21.8 Å². The third-order valence-corrected chi connectivity index (χ3v) is 2.99. The smallest absolute Gasteiger partial charge is 0.270 e. The molecule has 1 heterocycles. The molecule has 0 saturated heterocycles. The molecule has 2 aromatic carbocycles. The molecule has 0 spiro atoms. The largest absolute Gasteiger partial charge is 0.354 e. The van der Waals surface area contributed by atoms with Crippen molar-refractivity contribution in [2.45, 2.75) is 13.8 Å². The Labute approximate surface area is 119 Å². The van der Waals surface area contributed by atoms with E-state index in [2.05, 4.69) is 4.98 Å². The molecule has 21 heavy (non-hydrogen) atoms. The highest BCUT2D eigenvalue weighted by Gasteiger charge is 2.13. The van der Waals surface area contributed by atoms with E-state index >= 15 is 0 Å². The van der Waals surface area contributed by atoms with Crippen molar-refractivity contribution in [3.05, 3.63) is 56.6 Å². The van der Waals surface area contributed by atoms with Gasteiger partial charge in [0.15, 0.2) is 0 Å². The van der Waals surface area contributed by atoms with Gasteiger partial charge < -0.3 is 4.98 Å². The number of nitrogens with one attached hydrogen (secondary N) is 1. The predicted octanol–water partition coefficient (Wildman–Crippen LogP) is 4.16. The van der Waals surface area contributed by atoms with Crippen LogP contribution in [0.2, 0.25) is 0 Å². The van der Waals surface area contributed by atoms with E-state index < -0.39 is 9.85 Å². The van der Waals surface area contributed by atoms with Crippen LogP contribution in [0.5, 0.6) is 0 Å². The molecule has 0 atom stereocenters. The number of nitro groups is 2. The Morgan fingerprint density at radius 1 is 0.810 bits per heavy atom. The lowest BCUT2D eigenvalue weighted by molar-refractivity contribution is -0.385. The van der Waals surface area contributed by atoms with Gasteiger partial charge in [-0.15, -0.1) is 0 Å². The topological polar surface area (TPSA) is 102 Å². The van der Waals surface area contributed by atoms with Crippen LogP contribution in [0, 0.1) is 20.2 Å². The lowest BCUT2D eigenvalue weighted by Crippen LogP contribution is -1.87. The summed E-state index contributed by atoms with van der Waals surface area (Å²) in [6.45, 7) is 4.00. The number of aromatic nitrogens is 1. The van der Waals surface area contributed by atoms with Gasteiger partial charge in [-0.25, -0.2) is 0 Å². The number of rotatable bonds is 2. The van der Waals surface area contributed by atoms with Gasteiger partial charge in [0, 0.05) is 46.1 Å². The first-order chi connectivity index (χ1) is 10.1. The summed E-state index contributed by atoms with van der Waals surface area (Å²) < 4.78 is 0. The first-order valence-electron chi connectivity index (χ1n) is 6.40. The normalized spacial score (nSPS) is 10.2. The number of benzene rings is 2. The predicted molar refractivity (Wildman–Crippen MR) is 80.5 cm³/mol. The maximum atomic E-state index is 10.8. The van der Waals surface area contributed by atoms with Gasteiger partial charge in [0.1, 0.15) is 0 Å². The molecule has 0 unspecified atom stereocenters. The van der Waals surface area contributed by atoms with Gasteiger partial charge in [-0.3, -0.25) is 20.2 Å². The van der Waals surface area contributed by atoms with Crippen LogP contribution in [-0.4, -0.2) is 14.8 Å². The summed E-state index contributed by atoms with van der Waals surface area (Å²) >= 11 is 0. The van der Waals surface area contributed by atoms with Crippen LogP contribution in [0.3, 0.4) is 0 Å². The van der Waals surface area contributed by atoms with Gasteiger partial charge in [-0.05, 0) is 12.1 Å². The number of hydrogen-bond donors (Lipinski definition) is 1. The van der Waals surface area contributed by atoms with Crippen molar-refractivity contribution < 1.29 is 9.85 Å². The van der Waals surface area contributed by atoms with E-state index in [0.29, 0.717) is 21.8 Å². The maximum Gasteiger partial charge on any atom is 0.270 e. The minimum Gasteiger partial charge on any atom is -0.354 e. The molecule has 0 aliphatic rings. The molecule has 1 N–H and O–H groups in total. The maximum absolute atomic E-state index is 10.8. The zero-order valence-electron chi connectivity index (χ0n) is 11.5. The number of fused-ring (bicyclic) bond motifs is 3. The van der Waals surface area contributed by atoms with Gasteiger partial charge in [0.25, 0.3) is 11.4 Å². The molecule has 108 valence electrons. The average molecular weight is 287 g/mol. The average Bonchev–Trinajstić information content (AvgIpc) is 2.85. The molecule has 0 aliphatic carbocycles. The second-order valence-corrected chi connectivity index (χ2v) is 4.10. The van der Waals surface area contributed by atoms with Crippen molar-refractivity contribution in [1.82, 2.24) is 4.98 Å². The molecule has 3 aromatic rings. The van der Waals surface area contributed by atoms with Crippen LogP contribution in [0.4, 0.5) is 11.4 Å². The van der Waals surface area contributed by atoms with E-state index in [4.69, 9.17) is 0 Å². The Bertz CT molecular complexity index is 770. The minimum atomic E-state index is -0.490. The van der Waals surface area contributed by atoms with E-state index in [9.17, 15) is 20.2 Å². The monoisotopic (exact) mass is 287 g/mol. The van der Waals surface area contributed by atoms with Gasteiger partial charge in [-0.1, -0.05) is 13.8 Å². The van der Waals surface area contributed by atoms with Crippen molar-refractivity contribution in [3.63, 3.8) is 0 Å². The Morgan fingerprint density at radius 3 is 1.52 bits per heavy atom. The molecule has 0 fully saturated rings. The van der Waals surface area contributed by atoms with Crippen LogP contribution in [0.15, 0.2) is 36.4 Å². The SMILES string of the molecule is CC.O=[N+]([O-])c1ccc2[nH]c3ccc([N+](=O)[O-])cc3c2c1. The number of nitrogens with zero attached hydrogens (tertiary/aromatic N) is 2. The molecule has 0 radical (unpaired) electrons.